The maximum absolute atomic E-state index is 12.3. The van der Waals surface area contributed by atoms with Gasteiger partial charge in [-0.05, 0) is 37.5 Å². The Kier molecular flexibility index (Phi) is 4.07. The first-order valence-corrected chi connectivity index (χ1v) is 6.27. The molecule has 1 heterocycles. The Bertz CT molecular complexity index is 425. The van der Waals surface area contributed by atoms with Crippen molar-refractivity contribution in [2.45, 2.75) is 19.3 Å². The lowest BCUT2D eigenvalue weighted by Gasteiger charge is -2.26. The fourth-order valence-corrected chi connectivity index (χ4v) is 2.25. The normalized spacial score (nSPS) is 15.3. The lowest BCUT2D eigenvalue weighted by Crippen LogP contribution is -2.35. The van der Waals surface area contributed by atoms with E-state index in [1.54, 1.807) is 32.4 Å². The van der Waals surface area contributed by atoms with Crippen molar-refractivity contribution < 1.29 is 14.3 Å². The zero-order valence-corrected chi connectivity index (χ0v) is 10.9. The highest BCUT2D eigenvalue weighted by atomic mass is 16.5. The summed E-state index contributed by atoms with van der Waals surface area (Å²) < 4.78 is 10.4. The van der Waals surface area contributed by atoms with E-state index in [4.69, 9.17) is 9.47 Å². The molecule has 0 aromatic heterocycles. The van der Waals surface area contributed by atoms with Crippen molar-refractivity contribution in [3.63, 3.8) is 0 Å². The summed E-state index contributed by atoms with van der Waals surface area (Å²) in [5, 5.41) is 0. The van der Waals surface area contributed by atoms with Crippen LogP contribution in [0.2, 0.25) is 0 Å². The Morgan fingerprint density at radius 2 is 1.72 bits per heavy atom. The van der Waals surface area contributed by atoms with Crippen molar-refractivity contribution in [3.05, 3.63) is 23.8 Å². The van der Waals surface area contributed by atoms with Crippen LogP contribution in [-0.4, -0.2) is 38.1 Å². The molecule has 1 saturated heterocycles. The van der Waals surface area contributed by atoms with Gasteiger partial charge in [-0.1, -0.05) is 0 Å². The number of hydrogen-bond donors (Lipinski definition) is 0. The molecule has 0 radical (unpaired) electrons. The average molecular weight is 249 g/mol. The Hall–Kier alpha value is -1.71. The predicted molar refractivity (Wildman–Crippen MR) is 69.3 cm³/mol. The van der Waals surface area contributed by atoms with Crippen LogP contribution in [0.15, 0.2) is 18.2 Å². The molecular formula is C14H19NO3. The third-order valence-electron chi connectivity index (χ3n) is 3.27. The standard InChI is InChI=1S/C14H19NO3/c1-17-12-7-6-11(10-13(12)18-2)14(16)15-8-4-3-5-9-15/h6-7,10H,3-5,8-9H2,1-2H3. The van der Waals surface area contributed by atoms with E-state index < -0.39 is 0 Å². The Morgan fingerprint density at radius 3 is 2.33 bits per heavy atom. The number of amides is 1. The molecular weight excluding hydrogens is 230 g/mol. The van der Waals surface area contributed by atoms with Crippen LogP contribution in [0.3, 0.4) is 0 Å². The van der Waals surface area contributed by atoms with Gasteiger partial charge in [-0.15, -0.1) is 0 Å². The van der Waals surface area contributed by atoms with Gasteiger partial charge in [0.05, 0.1) is 14.2 Å². The topological polar surface area (TPSA) is 38.8 Å². The van der Waals surface area contributed by atoms with E-state index in [1.165, 1.54) is 6.42 Å². The van der Waals surface area contributed by atoms with Gasteiger partial charge < -0.3 is 14.4 Å². The number of carbonyl (C=O) groups is 1. The molecule has 1 fully saturated rings. The van der Waals surface area contributed by atoms with E-state index in [2.05, 4.69) is 0 Å². The summed E-state index contributed by atoms with van der Waals surface area (Å²) >= 11 is 0. The SMILES string of the molecule is COc1ccc(C(=O)N2CCCCC2)cc1OC. The predicted octanol–water partition coefficient (Wildman–Crippen LogP) is 2.33. The van der Waals surface area contributed by atoms with Crippen molar-refractivity contribution in [1.82, 2.24) is 4.90 Å². The molecule has 4 nitrogen and oxygen atoms in total. The second-order valence-electron chi connectivity index (χ2n) is 4.42. The molecule has 2 rings (SSSR count). The third-order valence-corrected chi connectivity index (χ3v) is 3.27. The second-order valence-corrected chi connectivity index (χ2v) is 4.42. The van der Waals surface area contributed by atoms with Gasteiger partial charge in [-0.2, -0.15) is 0 Å². The summed E-state index contributed by atoms with van der Waals surface area (Å²) in [4.78, 5) is 14.2. The number of ether oxygens (including phenoxy) is 2. The van der Waals surface area contributed by atoms with Crippen LogP contribution in [0.4, 0.5) is 0 Å². The number of piperidine rings is 1. The summed E-state index contributed by atoms with van der Waals surface area (Å²) in [6.45, 7) is 1.71. The van der Waals surface area contributed by atoms with Gasteiger partial charge in [0.1, 0.15) is 0 Å². The highest BCUT2D eigenvalue weighted by molar-refractivity contribution is 5.95. The van der Waals surface area contributed by atoms with Crippen LogP contribution in [0, 0.1) is 0 Å². The van der Waals surface area contributed by atoms with Crippen LogP contribution < -0.4 is 9.47 Å². The molecule has 4 heteroatoms. The summed E-state index contributed by atoms with van der Waals surface area (Å²) in [6.07, 6.45) is 3.41. The van der Waals surface area contributed by atoms with Crippen molar-refractivity contribution >= 4 is 5.91 Å². The summed E-state index contributed by atoms with van der Waals surface area (Å²) in [6, 6.07) is 5.31. The number of nitrogens with zero attached hydrogens (tertiary/aromatic N) is 1. The van der Waals surface area contributed by atoms with Gasteiger partial charge in [0, 0.05) is 18.7 Å². The highest BCUT2D eigenvalue weighted by Crippen LogP contribution is 2.28. The van der Waals surface area contributed by atoms with Gasteiger partial charge in [-0.3, -0.25) is 4.79 Å². The number of hydrogen-bond acceptors (Lipinski definition) is 3. The van der Waals surface area contributed by atoms with Crippen molar-refractivity contribution in [1.29, 1.82) is 0 Å². The zero-order chi connectivity index (χ0) is 13.0. The van der Waals surface area contributed by atoms with Crippen LogP contribution in [0.5, 0.6) is 11.5 Å². The Balaban J connectivity index is 2.19. The molecule has 0 N–H and O–H groups in total. The minimum Gasteiger partial charge on any atom is -0.493 e. The van der Waals surface area contributed by atoms with Crippen molar-refractivity contribution in [3.8, 4) is 11.5 Å². The zero-order valence-electron chi connectivity index (χ0n) is 10.9. The molecule has 0 spiro atoms. The molecule has 0 unspecified atom stereocenters. The van der Waals surface area contributed by atoms with E-state index in [1.807, 2.05) is 4.90 Å². The third kappa shape index (κ3) is 2.58. The molecule has 1 aliphatic heterocycles. The Labute approximate surface area is 107 Å². The molecule has 98 valence electrons. The average Bonchev–Trinajstić information content (AvgIpc) is 2.46. The molecule has 0 bridgehead atoms. The van der Waals surface area contributed by atoms with E-state index >= 15 is 0 Å². The van der Waals surface area contributed by atoms with Crippen molar-refractivity contribution in [2.24, 2.45) is 0 Å². The molecule has 1 aliphatic rings. The van der Waals surface area contributed by atoms with Gasteiger partial charge in [-0.25, -0.2) is 0 Å². The highest BCUT2D eigenvalue weighted by Gasteiger charge is 2.19. The van der Waals surface area contributed by atoms with E-state index in [0.717, 1.165) is 25.9 Å². The largest absolute Gasteiger partial charge is 0.493 e. The van der Waals surface area contributed by atoms with Gasteiger partial charge in [0.25, 0.3) is 5.91 Å². The second kappa shape index (κ2) is 5.76. The first-order valence-electron chi connectivity index (χ1n) is 6.27. The number of methoxy groups -OCH3 is 2. The number of benzene rings is 1. The molecule has 0 aliphatic carbocycles. The van der Waals surface area contributed by atoms with Crippen LogP contribution >= 0.6 is 0 Å². The van der Waals surface area contributed by atoms with Crippen LogP contribution in [0.25, 0.3) is 0 Å². The minimum atomic E-state index is 0.0793. The van der Waals surface area contributed by atoms with Gasteiger partial charge in [0.15, 0.2) is 11.5 Å². The Morgan fingerprint density at radius 1 is 1.06 bits per heavy atom. The monoisotopic (exact) mass is 249 g/mol. The summed E-state index contributed by atoms with van der Waals surface area (Å²) in [5.41, 5.74) is 0.662. The van der Waals surface area contributed by atoms with Crippen LogP contribution in [0.1, 0.15) is 29.6 Å². The molecule has 1 amide bonds. The summed E-state index contributed by atoms with van der Waals surface area (Å²) in [5.74, 6) is 1.32. The molecule has 1 aromatic carbocycles. The smallest absolute Gasteiger partial charge is 0.253 e. The maximum atomic E-state index is 12.3. The lowest BCUT2D eigenvalue weighted by molar-refractivity contribution is 0.0724. The van der Waals surface area contributed by atoms with Crippen molar-refractivity contribution in [2.75, 3.05) is 27.3 Å². The molecule has 18 heavy (non-hydrogen) atoms. The number of rotatable bonds is 3. The fourth-order valence-electron chi connectivity index (χ4n) is 2.25. The number of likely N-dealkylation sites (tertiary alicyclic amines) is 1. The van der Waals surface area contributed by atoms with Crippen LogP contribution in [-0.2, 0) is 0 Å². The molecule has 0 atom stereocenters. The van der Waals surface area contributed by atoms with Gasteiger partial charge in [0.2, 0.25) is 0 Å². The minimum absolute atomic E-state index is 0.0793. The molecule has 1 aromatic rings. The van der Waals surface area contributed by atoms with E-state index in [0.29, 0.717) is 17.1 Å². The van der Waals surface area contributed by atoms with Gasteiger partial charge >= 0.3 is 0 Å². The first-order chi connectivity index (χ1) is 8.76. The quantitative estimate of drug-likeness (QED) is 0.825. The van der Waals surface area contributed by atoms with E-state index in [9.17, 15) is 4.79 Å². The lowest BCUT2D eigenvalue weighted by atomic mass is 10.1. The number of carbonyl (C=O) groups excluding carboxylic acids is 1. The summed E-state index contributed by atoms with van der Waals surface area (Å²) in [7, 11) is 3.16. The first kappa shape index (κ1) is 12.7. The molecule has 0 saturated carbocycles. The maximum Gasteiger partial charge on any atom is 0.253 e. The fraction of sp³-hybridized carbons (Fsp3) is 0.500. The van der Waals surface area contributed by atoms with E-state index in [-0.39, 0.29) is 5.91 Å².